The molecule has 0 aliphatic heterocycles. The van der Waals surface area contributed by atoms with E-state index in [0.717, 1.165) is 0 Å². The van der Waals surface area contributed by atoms with Crippen LogP contribution >= 0.6 is 0 Å². The van der Waals surface area contributed by atoms with Gasteiger partial charge in [-0.15, -0.1) is 0 Å². The second kappa shape index (κ2) is 5.45. The van der Waals surface area contributed by atoms with Crippen molar-refractivity contribution in [2.24, 2.45) is 0 Å². The maximum atomic E-state index is 10.9. The predicted molar refractivity (Wildman–Crippen MR) is 38.7 cm³/mol. The van der Waals surface area contributed by atoms with Crippen molar-refractivity contribution in [3.8, 4) is 0 Å². The second-order valence-electron chi connectivity index (χ2n) is 1.87. The Morgan fingerprint density at radius 2 is 2.00 bits per heavy atom. The molecular formula is C8H8NOY-. The molecule has 0 fully saturated rings. The van der Waals surface area contributed by atoms with Crippen LogP contribution in [0.3, 0.4) is 0 Å². The van der Waals surface area contributed by atoms with Gasteiger partial charge in [0.1, 0.15) is 0 Å². The van der Waals surface area contributed by atoms with Gasteiger partial charge in [0.15, 0.2) is 0 Å². The van der Waals surface area contributed by atoms with Crippen molar-refractivity contribution in [1.29, 1.82) is 0 Å². The Hall–Kier alpha value is -0.206. The maximum Gasteiger partial charge on any atom is 0.226 e. The smallest absolute Gasteiger partial charge is 0.226 e. The van der Waals surface area contributed by atoms with Crippen LogP contribution in [-0.2, 0) is 32.7 Å². The van der Waals surface area contributed by atoms with Gasteiger partial charge in [-0.05, 0) is 0 Å². The number of nitrogens with one attached hydrogen (secondary N) is 1. The molecule has 0 saturated carbocycles. The molecule has 1 N–H and O–H groups in total. The Bertz CT molecular complexity index is 223. The molecule has 0 atom stereocenters. The Morgan fingerprint density at radius 1 is 1.45 bits per heavy atom. The third-order valence-electron chi connectivity index (χ3n) is 1.21. The number of amides is 1. The summed E-state index contributed by atoms with van der Waals surface area (Å²) in [6.45, 7) is 0. The first kappa shape index (κ1) is 10.8. The first-order valence-corrected chi connectivity index (χ1v) is 3.03. The first-order chi connectivity index (χ1) is 4.84. The van der Waals surface area contributed by atoms with Crippen LogP contribution in [0.4, 0.5) is 0 Å². The van der Waals surface area contributed by atoms with Crippen LogP contribution in [0.5, 0.6) is 0 Å². The van der Waals surface area contributed by atoms with Gasteiger partial charge in [0.2, 0.25) is 5.91 Å². The van der Waals surface area contributed by atoms with E-state index in [9.17, 15) is 4.79 Å². The van der Waals surface area contributed by atoms with Gasteiger partial charge < -0.3 is 5.32 Å². The standard InChI is InChI=1S/C8H8NO.Y/c1-9-8(10)7-5-3-2-4-6-7;/h3-6H,1H3,(H,9,10);/q-1;. The van der Waals surface area contributed by atoms with Crippen LogP contribution in [0, 0.1) is 6.07 Å². The summed E-state index contributed by atoms with van der Waals surface area (Å²) in [5.41, 5.74) is 0.668. The van der Waals surface area contributed by atoms with Gasteiger partial charge >= 0.3 is 0 Å². The van der Waals surface area contributed by atoms with Crippen molar-refractivity contribution >= 4 is 5.91 Å². The zero-order valence-electron chi connectivity index (χ0n) is 6.29. The monoisotopic (exact) mass is 223 g/mol. The van der Waals surface area contributed by atoms with Crippen LogP contribution in [0.25, 0.3) is 0 Å². The van der Waals surface area contributed by atoms with E-state index in [1.807, 2.05) is 0 Å². The average molecular weight is 223 g/mol. The van der Waals surface area contributed by atoms with Crippen molar-refractivity contribution in [3.05, 3.63) is 35.9 Å². The van der Waals surface area contributed by atoms with E-state index < -0.39 is 0 Å². The van der Waals surface area contributed by atoms with Crippen molar-refractivity contribution in [1.82, 2.24) is 5.32 Å². The number of hydrogen-bond donors (Lipinski definition) is 1. The quantitative estimate of drug-likeness (QED) is 0.702. The molecule has 0 unspecified atom stereocenters. The molecule has 3 heteroatoms. The molecule has 1 rings (SSSR count). The Kier molecular flexibility index (Phi) is 5.34. The molecular weight excluding hydrogens is 215 g/mol. The molecule has 11 heavy (non-hydrogen) atoms. The average Bonchev–Trinajstić information content (AvgIpc) is 2.05. The molecule has 1 amide bonds. The van der Waals surface area contributed by atoms with Gasteiger partial charge in [0.25, 0.3) is 0 Å². The van der Waals surface area contributed by atoms with Crippen LogP contribution < -0.4 is 5.32 Å². The van der Waals surface area contributed by atoms with Crippen molar-refractivity contribution in [2.45, 2.75) is 0 Å². The predicted octanol–water partition coefficient (Wildman–Crippen LogP) is 0.844. The van der Waals surface area contributed by atoms with Crippen LogP contribution in [0.1, 0.15) is 10.4 Å². The van der Waals surface area contributed by atoms with E-state index in [1.165, 1.54) is 0 Å². The number of carbonyl (C=O) groups excluding carboxylic acids is 1. The van der Waals surface area contributed by atoms with Crippen LogP contribution in [0.2, 0.25) is 0 Å². The summed E-state index contributed by atoms with van der Waals surface area (Å²) in [5.74, 6) is -0.0611. The van der Waals surface area contributed by atoms with Gasteiger partial charge in [0, 0.05) is 39.8 Å². The van der Waals surface area contributed by atoms with Gasteiger partial charge in [-0.2, -0.15) is 30.3 Å². The number of hydrogen-bond acceptors (Lipinski definition) is 1. The first-order valence-electron chi connectivity index (χ1n) is 3.03. The summed E-state index contributed by atoms with van der Waals surface area (Å²) < 4.78 is 0. The fourth-order valence-corrected chi connectivity index (χ4v) is 0.683. The molecule has 2 nitrogen and oxygen atoms in total. The summed E-state index contributed by atoms with van der Waals surface area (Å²) in [6.07, 6.45) is 0. The Balaban J connectivity index is 0.000001000. The Morgan fingerprint density at radius 3 is 2.45 bits per heavy atom. The van der Waals surface area contributed by atoms with Crippen molar-refractivity contribution in [2.75, 3.05) is 7.05 Å². The zero-order valence-corrected chi connectivity index (χ0v) is 9.13. The summed E-state index contributed by atoms with van der Waals surface area (Å²) in [5, 5.41) is 2.53. The van der Waals surface area contributed by atoms with E-state index >= 15 is 0 Å². The third kappa shape index (κ3) is 3.13. The summed E-state index contributed by atoms with van der Waals surface area (Å²) >= 11 is 0. The summed E-state index contributed by atoms with van der Waals surface area (Å²) in [7, 11) is 1.61. The molecule has 1 aromatic rings. The third-order valence-corrected chi connectivity index (χ3v) is 1.21. The number of benzene rings is 1. The van der Waals surface area contributed by atoms with E-state index in [4.69, 9.17) is 0 Å². The molecule has 0 spiro atoms. The summed E-state index contributed by atoms with van der Waals surface area (Å²) in [6, 6.07) is 9.70. The SMILES string of the molecule is CNC(=O)c1cc[c-]cc1.[Y]. The van der Waals surface area contributed by atoms with Crippen LogP contribution in [-0.4, -0.2) is 13.0 Å². The zero-order chi connectivity index (χ0) is 7.40. The molecule has 0 aliphatic rings. The van der Waals surface area contributed by atoms with E-state index in [-0.39, 0.29) is 38.6 Å². The van der Waals surface area contributed by atoms with E-state index in [2.05, 4.69) is 11.4 Å². The van der Waals surface area contributed by atoms with E-state index in [0.29, 0.717) is 5.56 Å². The minimum absolute atomic E-state index is 0. The molecule has 1 radical (unpaired) electrons. The number of carbonyl (C=O) groups is 1. The van der Waals surface area contributed by atoms with Gasteiger partial charge in [-0.1, -0.05) is 5.56 Å². The fraction of sp³-hybridized carbons (Fsp3) is 0.125. The second-order valence-corrected chi connectivity index (χ2v) is 1.87. The summed E-state index contributed by atoms with van der Waals surface area (Å²) in [4.78, 5) is 10.9. The van der Waals surface area contributed by atoms with Crippen LogP contribution in [0.15, 0.2) is 24.3 Å². The molecule has 0 aliphatic carbocycles. The van der Waals surface area contributed by atoms with Gasteiger partial charge in [-0.25, -0.2) is 0 Å². The largest absolute Gasteiger partial charge is 0.357 e. The van der Waals surface area contributed by atoms with Gasteiger partial charge in [0.05, 0.1) is 0 Å². The van der Waals surface area contributed by atoms with Crippen molar-refractivity contribution < 1.29 is 37.5 Å². The normalized spacial score (nSPS) is 8.09. The van der Waals surface area contributed by atoms with E-state index in [1.54, 1.807) is 31.3 Å². The molecule has 0 aromatic heterocycles. The minimum atomic E-state index is -0.0611. The molecule has 55 valence electrons. The molecule has 0 bridgehead atoms. The Labute approximate surface area is 91.3 Å². The maximum absolute atomic E-state index is 10.9. The van der Waals surface area contributed by atoms with Crippen molar-refractivity contribution in [3.63, 3.8) is 0 Å². The topological polar surface area (TPSA) is 29.1 Å². The minimum Gasteiger partial charge on any atom is -0.357 e. The fourth-order valence-electron chi connectivity index (χ4n) is 0.683. The molecule has 0 saturated heterocycles. The molecule has 0 heterocycles. The molecule has 1 aromatic carbocycles. The van der Waals surface area contributed by atoms with Gasteiger partial charge in [-0.3, -0.25) is 4.79 Å². The number of rotatable bonds is 1.